The summed E-state index contributed by atoms with van der Waals surface area (Å²) in [4.78, 5) is 12.3. The third kappa shape index (κ3) is 4.04. The molecule has 146 valence electrons. The van der Waals surface area contributed by atoms with E-state index in [1.54, 1.807) is 27.7 Å². The topological polar surface area (TPSA) is 98.5 Å². The second-order valence-electron chi connectivity index (χ2n) is 7.82. The molecule has 1 aromatic carbocycles. The fourth-order valence-corrected chi connectivity index (χ4v) is 5.52. The van der Waals surface area contributed by atoms with E-state index in [1.807, 2.05) is 24.3 Å². The first-order chi connectivity index (χ1) is 12.0. The highest BCUT2D eigenvalue weighted by molar-refractivity contribution is 7.92. The number of ether oxygens (including phenoxy) is 1. The van der Waals surface area contributed by atoms with Gasteiger partial charge in [-0.25, -0.2) is 13.2 Å². The van der Waals surface area contributed by atoms with Crippen molar-refractivity contribution in [3.63, 3.8) is 0 Å². The summed E-state index contributed by atoms with van der Waals surface area (Å²) in [5.41, 5.74) is 6.30. The number of benzene rings is 1. The van der Waals surface area contributed by atoms with E-state index >= 15 is 0 Å². The van der Waals surface area contributed by atoms with E-state index < -0.39 is 32.3 Å². The number of aryl methyl sites for hydroxylation is 1. The van der Waals surface area contributed by atoms with Gasteiger partial charge in [0, 0.05) is 18.2 Å². The van der Waals surface area contributed by atoms with Gasteiger partial charge in [-0.1, -0.05) is 38.1 Å². The number of alkyl carbamates (subject to hydrolysis) is 1. The zero-order chi connectivity index (χ0) is 19.8. The van der Waals surface area contributed by atoms with Crippen molar-refractivity contribution in [2.45, 2.75) is 63.3 Å². The van der Waals surface area contributed by atoms with Crippen LogP contribution in [0.25, 0.3) is 0 Å². The first kappa shape index (κ1) is 20.7. The number of carbonyl (C=O) groups is 1. The van der Waals surface area contributed by atoms with E-state index in [9.17, 15) is 13.2 Å². The molecule has 0 aliphatic heterocycles. The van der Waals surface area contributed by atoms with Gasteiger partial charge in [0.1, 0.15) is 5.60 Å². The molecule has 1 saturated carbocycles. The summed E-state index contributed by atoms with van der Waals surface area (Å²) in [6.07, 6.45) is 0.256. The van der Waals surface area contributed by atoms with Crippen LogP contribution in [0.1, 0.15) is 51.7 Å². The van der Waals surface area contributed by atoms with E-state index in [0.717, 1.165) is 12.0 Å². The lowest BCUT2D eigenvalue weighted by atomic mass is 10.0. The Morgan fingerprint density at radius 1 is 1.23 bits per heavy atom. The predicted octanol–water partition coefficient (Wildman–Crippen LogP) is 2.37. The third-order valence-electron chi connectivity index (χ3n) is 4.86. The highest BCUT2D eigenvalue weighted by atomic mass is 32.2. The molecule has 0 unspecified atom stereocenters. The lowest BCUT2D eigenvalue weighted by Crippen LogP contribution is -2.49. The molecule has 0 radical (unpaired) electrons. The fraction of sp³-hybridized carbons (Fsp3) is 0.632. The molecule has 6 nitrogen and oxygen atoms in total. The smallest absolute Gasteiger partial charge is 0.408 e. The Kier molecular flexibility index (Phi) is 5.73. The van der Waals surface area contributed by atoms with Crippen LogP contribution in [-0.4, -0.2) is 43.2 Å². The average Bonchev–Trinajstić information content (AvgIpc) is 3.22. The molecule has 1 amide bonds. The number of carbonyl (C=O) groups excluding carboxylic acids is 1. The van der Waals surface area contributed by atoms with Crippen molar-refractivity contribution in [2.75, 3.05) is 12.3 Å². The molecule has 1 fully saturated rings. The van der Waals surface area contributed by atoms with Crippen molar-refractivity contribution in [3.05, 3.63) is 35.4 Å². The van der Waals surface area contributed by atoms with E-state index in [-0.39, 0.29) is 18.2 Å². The Bertz CT molecular complexity index is 753. The minimum Gasteiger partial charge on any atom is -0.444 e. The van der Waals surface area contributed by atoms with Crippen molar-refractivity contribution in [1.82, 2.24) is 5.32 Å². The van der Waals surface area contributed by atoms with Crippen LogP contribution < -0.4 is 11.1 Å². The van der Waals surface area contributed by atoms with Crippen LogP contribution in [-0.2, 0) is 21.0 Å². The summed E-state index contributed by atoms with van der Waals surface area (Å²) in [6, 6.07) is 7.82. The van der Waals surface area contributed by atoms with E-state index in [1.165, 1.54) is 5.56 Å². The van der Waals surface area contributed by atoms with Crippen LogP contribution >= 0.6 is 0 Å². The van der Waals surface area contributed by atoms with Gasteiger partial charge in [-0.3, -0.25) is 0 Å². The zero-order valence-electron chi connectivity index (χ0n) is 16.2. The molecule has 7 heteroatoms. The van der Waals surface area contributed by atoms with E-state index in [0.29, 0.717) is 0 Å². The Morgan fingerprint density at radius 2 is 1.81 bits per heavy atom. The van der Waals surface area contributed by atoms with Crippen LogP contribution in [0.5, 0.6) is 0 Å². The number of nitrogens with two attached hydrogens (primary N) is 1. The van der Waals surface area contributed by atoms with Gasteiger partial charge < -0.3 is 15.8 Å². The molecule has 1 aromatic rings. The summed E-state index contributed by atoms with van der Waals surface area (Å²) >= 11 is 0. The Morgan fingerprint density at radius 3 is 2.23 bits per heavy atom. The molecule has 2 rings (SSSR count). The molecule has 0 aromatic heterocycles. The lowest BCUT2D eigenvalue weighted by molar-refractivity contribution is 0.0497. The summed E-state index contributed by atoms with van der Waals surface area (Å²) in [6.45, 7) is 8.97. The minimum absolute atomic E-state index is 0.00103. The number of amides is 1. The molecule has 26 heavy (non-hydrogen) atoms. The Hall–Kier alpha value is -1.60. The maximum atomic E-state index is 12.7. The van der Waals surface area contributed by atoms with Crippen LogP contribution in [0.4, 0.5) is 4.79 Å². The molecule has 1 aliphatic carbocycles. The maximum absolute atomic E-state index is 12.7. The summed E-state index contributed by atoms with van der Waals surface area (Å²) in [5, 5.41) is 2.03. The second kappa shape index (κ2) is 7.19. The quantitative estimate of drug-likeness (QED) is 0.787. The van der Waals surface area contributed by atoms with Crippen molar-refractivity contribution < 1.29 is 17.9 Å². The van der Waals surface area contributed by atoms with Crippen molar-refractivity contribution in [1.29, 1.82) is 0 Å². The van der Waals surface area contributed by atoms with Gasteiger partial charge in [0.15, 0.2) is 9.84 Å². The SMILES string of the molecule is CCc1ccc([C@@H]2[C@@H](S(=O)(=O)CC)[C@]2(CN)NC(=O)OC(C)(C)C)cc1. The summed E-state index contributed by atoms with van der Waals surface area (Å²) < 4.78 is 30.7. The minimum atomic E-state index is -3.40. The Balaban J connectivity index is 2.38. The average molecular weight is 383 g/mol. The number of hydrogen-bond acceptors (Lipinski definition) is 5. The van der Waals surface area contributed by atoms with Crippen LogP contribution in [0, 0.1) is 0 Å². The summed E-state index contributed by atoms with van der Waals surface area (Å²) in [5.74, 6) is -0.380. The largest absolute Gasteiger partial charge is 0.444 e. The van der Waals surface area contributed by atoms with Crippen molar-refractivity contribution in [2.24, 2.45) is 5.73 Å². The number of sulfone groups is 1. The van der Waals surface area contributed by atoms with Crippen LogP contribution in [0.2, 0.25) is 0 Å². The van der Waals surface area contributed by atoms with E-state index in [4.69, 9.17) is 10.5 Å². The normalized spacial score (nSPS) is 25.6. The first-order valence-corrected chi connectivity index (χ1v) is 10.7. The lowest BCUT2D eigenvalue weighted by Gasteiger charge is -2.24. The molecule has 0 heterocycles. The number of nitrogens with one attached hydrogen (secondary N) is 1. The Labute approximate surface area is 156 Å². The molecular weight excluding hydrogens is 352 g/mol. The van der Waals surface area contributed by atoms with Crippen LogP contribution in [0.15, 0.2) is 24.3 Å². The van der Waals surface area contributed by atoms with Gasteiger partial charge in [0.05, 0.1) is 10.8 Å². The standard InChI is InChI=1S/C19H30N2O4S/c1-6-13-8-10-14(11-9-13)15-16(26(23,24)7-2)19(15,12-20)21-17(22)25-18(3,4)5/h8-11,15-16H,6-7,12,20H2,1-5H3,(H,21,22)/t15-,16-,19-/m1/s1. The van der Waals surface area contributed by atoms with Gasteiger partial charge in [0.2, 0.25) is 0 Å². The molecule has 1 aliphatic rings. The predicted molar refractivity (Wildman–Crippen MR) is 103 cm³/mol. The number of hydrogen-bond donors (Lipinski definition) is 2. The van der Waals surface area contributed by atoms with Gasteiger partial charge >= 0.3 is 6.09 Å². The second-order valence-corrected chi connectivity index (χ2v) is 10.2. The van der Waals surface area contributed by atoms with E-state index in [2.05, 4.69) is 12.2 Å². The molecule has 0 spiro atoms. The zero-order valence-corrected chi connectivity index (χ0v) is 17.0. The third-order valence-corrected chi connectivity index (χ3v) is 7.14. The molecule has 0 bridgehead atoms. The fourth-order valence-electron chi connectivity index (χ4n) is 3.48. The van der Waals surface area contributed by atoms with Gasteiger partial charge in [-0.15, -0.1) is 0 Å². The van der Waals surface area contributed by atoms with Crippen molar-refractivity contribution in [3.8, 4) is 0 Å². The van der Waals surface area contributed by atoms with Crippen LogP contribution in [0.3, 0.4) is 0 Å². The molecular formula is C19H30N2O4S. The molecule has 3 N–H and O–H groups in total. The first-order valence-electron chi connectivity index (χ1n) is 9.02. The summed E-state index contributed by atoms with van der Waals surface area (Å²) in [7, 11) is -3.40. The highest BCUT2D eigenvalue weighted by Gasteiger charge is 2.71. The molecule has 3 atom stereocenters. The maximum Gasteiger partial charge on any atom is 0.408 e. The monoisotopic (exact) mass is 382 g/mol. The van der Waals surface area contributed by atoms with Crippen molar-refractivity contribution >= 4 is 15.9 Å². The highest BCUT2D eigenvalue weighted by Crippen LogP contribution is 2.55. The van der Waals surface area contributed by atoms with Gasteiger partial charge in [-0.2, -0.15) is 0 Å². The van der Waals surface area contributed by atoms with Gasteiger partial charge in [0.25, 0.3) is 0 Å². The molecule has 0 saturated heterocycles. The number of rotatable bonds is 6. The van der Waals surface area contributed by atoms with Gasteiger partial charge in [-0.05, 0) is 38.3 Å².